The Bertz CT molecular complexity index is 887. The molecule has 2 aromatic rings. The highest BCUT2D eigenvalue weighted by Gasteiger charge is 2.53. The Morgan fingerprint density at radius 1 is 0.933 bits per heavy atom. The van der Waals surface area contributed by atoms with Gasteiger partial charge in [0.15, 0.2) is 0 Å². The van der Waals surface area contributed by atoms with Gasteiger partial charge in [-0.05, 0) is 85.7 Å². The van der Waals surface area contributed by atoms with Crippen molar-refractivity contribution >= 4 is 5.69 Å². The van der Waals surface area contributed by atoms with Crippen LogP contribution in [0.1, 0.15) is 68.1 Å². The zero-order valence-corrected chi connectivity index (χ0v) is 18.3. The van der Waals surface area contributed by atoms with E-state index in [0.717, 1.165) is 24.4 Å². The van der Waals surface area contributed by atoms with Gasteiger partial charge < -0.3 is 5.32 Å². The summed E-state index contributed by atoms with van der Waals surface area (Å²) < 4.78 is 0. The van der Waals surface area contributed by atoms with Crippen LogP contribution in [-0.2, 0) is 18.4 Å². The highest BCUT2D eigenvalue weighted by Crippen LogP contribution is 2.56. The molecule has 2 saturated carbocycles. The summed E-state index contributed by atoms with van der Waals surface area (Å²) in [4.78, 5) is 2.93. The molecule has 2 aromatic carbocycles. The van der Waals surface area contributed by atoms with E-state index in [1.165, 1.54) is 82.1 Å². The van der Waals surface area contributed by atoms with E-state index in [1.54, 1.807) is 11.1 Å². The molecule has 3 fully saturated rings. The Morgan fingerprint density at radius 2 is 1.83 bits per heavy atom. The van der Waals surface area contributed by atoms with Gasteiger partial charge in [0.25, 0.3) is 0 Å². The molecule has 1 heterocycles. The number of fused-ring (bicyclic) bond motifs is 1. The summed E-state index contributed by atoms with van der Waals surface area (Å²) in [5, 5.41) is 3.72. The monoisotopic (exact) mass is 400 g/mol. The molecule has 3 aliphatic carbocycles. The predicted octanol–water partition coefficient (Wildman–Crippen LogP) is 6.16. The van der Waals surface area contributed by atoms with Crippen molar-refractivity contribution in [3.63, 3.8) is 0 Å². The summed E-state index contributed by atoms with van der Waals surface area (Å²) in [6.07, 6.45) is 12.8. The summed E-state index contributed by atoms with van der Waals surface area (Å²) in [6, 6.07) is 18.9. The lowest BCUT2D eigenvalue weighted by Crippen LogP contribution is -2.61. The molecule has 1 aliphatic heterocycles. The number of nitrogens with zero attached hydrogens (tertiary/aromatic N) is 1. The number of benzene rings is 2. The molecule has 0 amide bonds. The molecule has 2 heteroatoms. The second-order valence-corrected chi connectivity index (χ2v) is 10.5. The lowest BCUT2D eigenvalue weighted by molar-refractivity contribution is -0.0239. The first-order chi connectivity index (χ1) is 14.8. The molecule has 6 rings (SSSR count). The third-order valence-electron chi connectivity index (χ3n) is 9.01. The van der Waals surface area contributed by atoms with Gasteiger partial charge in [-0.3, -0.25) is 4.90 Å². The van der Waals surface area contributed by atoms with Crippen LogP contribution in [0.2, 0.25) is 0 Å². The van der Waals surface area contributed by atoms with Gasteiger partial charge in [0.05, 0.1) is 0 Å². The molecule has 2 nitrogen and oxygen atoms in total. The van der Waals surface area contributed by atoms with E-state index >= 15 is 0 Å². The first-order valence-electron chi connectivity index (χ1n) is 12.5. The maximum absolute atomic E-state index is 3.72. The van der Waals surface area contributed by atoms with Crippen molar-refractivity contribution in [1.82, 2.24) is 4.90 Å². The smallest absolute Gasteiger partial charge is 0.0400 e. The Balaban J connectivity index is 1.28. The van der Waals surface area contributed by atoms with Gasteiger partial charge in [-0.25, -0.2) is 0 Å². The maximum atomic E-state index is 3.72. The molecule has 4 aliphatic rings. The van der Waals surface area contributed by atoms with Crippen LogP contribution < -0.4 is 5.32 Å². The molecule has 0 radical (unpaired) electrons. The van der Waals surface area contributed by atoms with Gasteiger partial charge in [-0.15, -0.1) is 0 Å². The van der Waals surface area contributed by atoms with Gasteiger partial charge in [-0.1, -0.05) is 55.7 Å². The standard InChI is InChI=1S/C28H36N2/c1-2-7-21(8-3-1)19-29-24-13-12-23-17-27-25-11-4-5-14-28(25,26(23)18-24)15-16-30(27)20-22-9-6-10-22/h1-3,7-8,12-13,18,22,25,27,29H,4-6,9-11,14-17,19-20H2/t25-,27+,28+/m0/s1. The summed E-state index contributed by atoms with van der Waals surface area (Å²) in [5.41, 5.74) is 6.49. The van der Waals surface area contributed by atoms with Gasteiger partial charge in [0.2, 0.25) is 0 Å². The minimum atomic E-state index is 0.455. The molecule has 0 unspecified atom stereocenters. The number of rotatable bonds is 5. The highest BCUT2D eigenvalue weighted by molar-refractivity contribution is 5.54. The predicted molar refractivity (Wildman–Crippen MR) is 125 cm³/mol. The van der Waals surface area contributed by atoms with E-state index in [4.69, 9.17) is 0 Å². The van der Waals surface area contributed by atoms with Gasteiger partial charge >= 0.3 is 0 Å². The van der Waals surface area contributed by atoms with Crippen molar-refractivity contribution < 1.29 is 0 Å². The molecule has 1 N–H and O–H groups in total. The van der Waals surface area contributed by atoms with Crippen molar-refractivity contribution in [2.75, 3.05) is 18.4 Å². The van der Waals surface area contributed by atoms with E-state index in [2.05, 4.69) is 58.7 Å². The summed E-state index contributed by atoms with van der Waals surface area (Å²) in [5.74, 6) is 1.88. The Hall–Kier alpha value is -1.80. The molecule has 0 spiro atoms. The quantitative estimate of drug-likeness (QED) is 0.647. The third-order valence-corrected chi connectivity index (χ3v) is 9.01. The molecule has 2 bridgehead atoms. The summed E-state index contributed by atoms with van der Waals surface area (Å²) >= 11 is 0. The van der Waals surface area contributed by atoms with Crippen LogP contribution in [-0.4, -0.2) is 24.0 Å². The number of anilines is 1. The van der Waals surface area contributed by atoms with E-state index < -0.39 is 0 Å². The van der Waals surface area contributed by atoms with E-state index in [9.17, 15) is 0 Å². The van der Waals surface area contributed by atoms with Gasteiger partial charge in [0, 0.05) is 30.2 Å². The fourth-order valence-corrected chi connectivity index (χ4v) is 7.23. The minimum Gasteiger partial charge on any atom is -0.381 e. The van der Waals surface area contributed by atoms with Crippen molar-refractivity contribution in [3.05, 3.63) is 65.2 Å². The van der Waals surface area contributed by atoms with Crippen molar-refractivity contribution in [3.8, 4) is 0 Å². The maximum Gasteiger partial charge on any atom is 0.0400 e. The van der Waals surface area contributed by atoms with Crippen LogP contribution in [0.15, 0.2) is 48.5 Å². The summed E-state index contributed by atoms with van der Waals surface area (Å²) in [6.45, 7) is 3.62. The molecule has 0 aromatic heterocycles. The van der Waals surface area contributed by atoms with Crippen LogP contribution in [0.5, 0.6) is 0 Å². The van der Waals surface area contributed by atoms with E-state index in [0.29, 0.717) is 5.41 Å². The fraction of sp³-hybridized carbons (Fsp3) is 0.571. The first kappa shape index (κ1) is 18.9. The number of nitrogens with one attached hydrogen (secondary N) is 1. The second-order valence-electron chi connectivity index (χ2n) is 10.5. The average molecular weight is 401 g/mol. The third kappa shape index (κ3) is 3.19. The van der Waals surface area contributed by atoms with Crippen molar-refractivity contribution in [1.29, 1.82) is 0 Å². The number of hydrogen-bond acceptors (Lipinski definition) is 2. The molecular weight excluding hydrogens is 364 g/mol. The second kappa shape index (κ2) is 7.71. The normalized spacial score (nSPS) is 30.8. The number of hydrogen-bond donors (Lipinski definition) is 1. The summed E-state index contributed by atoms with van der Waals surface area (Å²) in [7, 11) is 0. The zero-order chi connectivity index (χ0) is 20.0. The van der Waals surface area contributed by atoms with Gasteiger partial charge in [-0.2, -0.15) is 0 Å². The van der Waals surface area contributed by atoms with Crippen LogP contribution in [0.25, 0.3) is 0 Å². The highest BCUT2D eigenvalue weighted by atomic mass is 15.2. The molecule has 3 atom stereocenters. The van der Waals surface area contributed by atoms with Crippen LogP contribution >= 0.6 is 0 Å². The largest absolute Gasteiger partial charge is 0.381 e. The van der Waals surface area contributed by atoms with Crippen LogP contribution in [0, 0.1) is 11.8 Å². The topological polar surface area (TPSA) is 15.3 Å². The van der Waals surface area contributed by atoms with Crippen LogP contribution in [0.3, 0.4) is 0 Å². The lowest BCUT2D eigenvalue weighted by Gasteiger charge is -2.59. The Kier molecular flexibility index (Phi) is 4.87. The molecule has 158 valence electrons. The fourth-order valence-electron chi connectivity index (χ4n) is 7.23. The number of likely N-dealkylation sites (tertiary alicyclic amines) is 1. The van der Waals surface area contributed by atoms with Gasteiger partial charge in [0.1, 0.15) is 0 Å². The minimum absolute atomic E-state index is 0.455. The number of piperidine rings is 1. The Labute approximate surface area is 182 Å². The molecular formula is C28H36N2. The Morgan fingerprint density at radius 3 is 2.67 bits per heavy atom. The van der Waals surface area contributed by atoms with E-state index in [-0.39, 0.29) is 0 Å². The zero-order valence-electron chi connectivity index (χ0n) is 18.3. The van der Waals surface area contributed by atoms with Crippen LogP contribution in [0.4, 0.5) is 5.69 Å². The SMILES string of the molecule is c1ccc(CNc2ccc3c(c2)[C@@]24CCCC[C@H]2[C@@H](C3)N(CC2CCC2)CC4)cc1. The lowest BCUT2D eigenvalue weighted by atomic mass is 9.52. The average Bonchev–Trinajstić information content (AvgIpc) is 2.77. The first-order valence-corrected chi connectivity index (χ1v) is 12.5. The molecule has 30 heavy (non-hydrogen) atoms. The molecule has 1 saturated heterocycles. The van der Waals surface area contributed by atoms with Crippen molar-refractivity contribution in [2.45, 2.75) is 75.8 Å². The van der Waals surface area contributed by atoms with E-state index in [1.807, 2.05) is 0 Å². The van der Waals surface area contributed by atoms with Crippen molar-refractivity contribution in [2.24, 2.45) is 11.8 Å².